The van der Waals surface area contributed by atoms with Gasteiger partial charge in [0.15, 0.2) is 0 Å². The predicted molar refractivity (Wildman–Crippen MR) is 63.8 cm³/mol. The van der Waals surface area contributed by atoms with E-state index in [0.717, 1.165) is 22.6 Å². The molecule has 0 saturated heterocycles. The van der Waals surface area contributed by atoms with Crippen LogP contribution in [0.15, 0.2) is 42.5 Å². The second kappa shape index (κ2) is 4.71. The highest BCUT2D eigenvalue weighted by Crippen LogP contribution is 2.32. The van der Waals surface area contributed by atoms with E-state index in [2.05, 4.69) is 6.07 Å². The van der Waals surface area contributed by atoms with Gasteiger partial charge in [-0.3, -0.25) is 0 Å². The molecule has 0 aliphatic heterocycles. The lowest BCUT2D eigenvalue weighted by molar-refractivity contribution is 0.395. The zero-order chi connectivity index (χ0) is 11.4. The third-order valence-electron chi connectivity index (χ3n) is 2.41. The smallest absolute Gasteiger partial charge is 0.130 e. The highest BCUT2D eigenvalue weighted by atomic mass is 16.5. The maximum absolute atomic E-state index is 5.34. The number of hydrogen-bond acceptors (Lipinski definition) is 2. The van der Waals surface area contributed by atoms with E-state index in [-0.39, 0.29) is 0 Å². The van der Waals surface area contributed by atoms with Gasteiger partial charge in [-0.05, 0) is 23.8 Å². The molecule has 2 aromatic carbocycles. The maximum Gasteiger partial charge on any atom is 0.130 e. The molecule has 0 bridgehead atoms. The number of rotatable bonds is 3. The molecular formula is C14H13O2. The summed E-state index contributed by atoms with van der Waals surface area (Å²) >= 11 is 0. The topological polar surface area (TPSA) is 18.5 Å². The van der Waals surface area contributed by atoms with Crippen LogP contribution in [0.4, 0.5) is 0 Å². The van der Waals surface area contributed by atoms with E-state index in [1.165, 1.54) is 0 Å². The van der Waals surface area contributed by atoms with Crippen LogP contribution in [-0.2, 0) is 0 Å². The average molecular weight is 213 g/mol. The Morgan fingerprint density at radius 1 is 1.00 bits per heavy atom. The summed E-state index contributed by atoms with van der Waals surface area (Å²) in [5.74, 6) is 1.58. The van der Waals surface area contributed by atoms with Gasteiger partial charge in [-0.2, -0.15) is 0 Å². The Morgan fingerprint density at radius 2 is 1.88 bits per heavy atom. The van der Waals surface area contributed by atoms with Crippen molar-refractivity contribution in [2.45, 2.75) is 0 Å². The molecule has 2 aromatic rings. The van der Waals surface area contributed by atoms with Crippen LogP contribution in [0.5, 0.6) is 11.5 Å². The van der Waals surface area contributed by atoms with Crippen molar-refractivity contribution in [1.29, 1.82) is 0 Å². The molecule has 81 valence electrons. The first-order valence-electron chi connectivity index (χ1n) is 5.04. The summed E-state index contributed by atoms with van der Waals surface area (Å²) in [7, 11) is 3.30. The van der Waals surface area contributed by atoms with Crippen LogP contribution in [0, 0.1) is 6.07 Å². The number of hydrogen-bond donors (Lipinski definition) is 0. The normalized spacial score (nSPS) is 9.88. The summed E-state index contributed by atoms with van der Waals surface area (Å²) in [6.07, 6.45) is 0. The second-order valence-corrected chi connectivity index (χ2v) is 3.34. The van der Waals surface area contributed by atoms with Gasteiger partial charge in [-0.25, -0.2) is 0 Å². The molecule has 0 aliphatic rings. The summed E-state index contributed by atoms with van der Waals surface area (Å²) in [5.41, 5.74) is 2.03. The van der Waals surface area contributed by atoms with Crippen LogP contribution in [0.25, 0.3) is 11.1 Å². The highest BCUT2D eigenvalue weighted by molar-refractivity contribution is 5.70. The molecule has 0 unspecified atom stereocenters. The Labute approximate surface area is 95.4 Å². The molecule has 2 rings (SSSR count). The predicted octanol–water partition coefficient (Wildman–Crippen LogP) is 3.17. The Kier molecular flexibility index (Phi) is 3.10. The fourth-order valence-corrected chi connectivity index (χ4v) is 1.58. The van der Waals surface area contributed by atoms with Crippen molar-refractivity contribution in [2.24, 2.45) is 0 Å². The summed E-state index contributed by atoms with van der Waals surface area (Å²) in [5, 5.41) is 0. The third-order valence-corrected chi connectivity index (χ3v) is 2.41. The highest BCUT2D eigenvalue weighted by Gasteiger charge is 2.06. The minimum Gasteiger partial charge on any atom is -0.497 e. The van der Waals surface area contributed by atoms with Crippen molar-refractivity contribution in [2.75, 3.05) is 14.2 Å². The molecule has 2 heteroatoms. The summed E-state index contributed by atoms with van der Waals surface area (Å²) in [6, 6.07) is 16.8. The lowest BCUT2D eigenvalue weighted by atomic mass is 10.0. The van der Waals surface area contributed by atoms with E-state index in [1.54, 1.807) is 14.2 Å². The van der Waals surface area contributed by atoms with Gasteiger partial charge >= 0.3 is 0 Å². The van der Waals surface area contributed by atoms with Crippen molar-refractivity contribution < 1.29 is 9.47 Å². The van der Waals surface area contributed by atoms with Crippen molar-refractivity contribution >= 4 is 0 Å². The average Bonchev–Trinajstić information content (AvgIpc) is 2.39. The van der Waals surface area contributed by atoms with Crippen LogP contribution in [-0.4, -0.2) is 14.2 Å². The first-order valence-corrected chi connectivity index (χ1v) is 5.04. The van der Waals surface area contributed by atoms with Gasteiger partial charge in [0.2, 0.25) is 0 Å². The molecule has 0 spiro atoms. The van der Waals surface area contributed by atoms with Crippen LogP contribution >= 0.6 is 0 Å². The van der Waals surface area contributed by atoms with Gasteiger partial charge in [0.05, 0.1) is 14.2 Å². The van der Waals surface area contributed by atoms with Gasteiger partial charge in [0, 0.05) is 11.6 Å². The summed E-state index contributed by atoms with van der Waals surface area (Å²) in [4.78, 5) is 0. The lowest BCUT2D eigenvalue weighted by Gasteiger charge is -2.10. The maximum atomic E-state index is 5.34. The molecule has 0 amide bonds. The standard InChI is InChI=1S/C14H13O2/c1-15-12-8-9-13(14(10-12)16-2)11-6-4-3-5-7-11/h3-6,8-10H,1-2H3. The number of ether oxygens (including phenoxy) is 2. The number of methoxy groups -OCH3 is 2. The minimum absolute atomic E-state index is 0.788. The first kappa shape index (κ1) is 10.6. The quantitative estimate of drug-likeness (QED) is 0.779. The third kappa shape index (κ3) is 2.01. The van der Waals surface area contributed by atoms with E-state index >= 15 is 0 Å². The fraction of sp³-hybridized carbons (Fsp3) is 0.143. The van der Waals surface area contributed by atoms with E-state index in [0.29, 0.717) is 0 Å². The first-order chi connectivity index (χ1) is 7.85. The molecular weight excluding hydrogens is 200 g/mol. The molecule has 0 saturated carbocycles. The molecule has 0 N–H and O–H groups in total. The zero-order valence-corrected chi connectivity index (χ0v) is 9.36. The second-order valence-electron chi connectivity index (χ2n) is 3.34. The van der Waals surface area contributed by atoms with Crippen molar-refractivity contribution in [3.8, 4) is 22.6 Å². The van der Waals surface area contributed by atoms with Crippen molar-refractivity contribution in [1.82, 2.24) is 0 Å². The molecule has 0 heterocycles. The zero-order valence-electron chi connectivity index (χ0n) is 9.36. The molecule has 1 radical (unpaired) electrons. The van der Waals surface area contributed by atoms with E-state index in [1.807, 2.05) is 42.5 Å². The molecule has 0 aromatic heterocycles. The molecule has 0 fully saturated rings. The van der Waals surface area contributed by atoms with E-state index < -0.39 is 0 Å². The van der Waals surface area contributed by atoms with Crippen molar-refractivity contribution in [3.63, 3.8) is 0 Å². The van der Waals surface area contributed by atoms with Crippen molar-refractivity contribution in [3.05, 3.63) is 48.5 Å². The van der Waals surface area contributed by atoms with Gasteiger partial charge in [0.25, 0.3) is 0 Å². The fourth-order valence-electron chi connectivity index (χ4n) is 1.58. The molecule has 0 atom stereocenters. The lowest BCUT2D eigenvalue weighted by Crippen LogP contribution is -1.90. The van der Waals surface area contributed by atoms with E-state index in [9.17, 15) is 0 Å². The SMILES string of the molecule is COc1ccc(-c2[c]cccc2)c(OC)c1. The Bertz CT molecular complexity index is 463. The molecule has 16 heavy (non-hydrogen) atoms. The van der Waals surface area contributed by atoms with Gasteiger partial charge in [0.1, 0.15) is 11.5 Å². The van der Waals surface area contributed by atoms with Gasteiger partial charge < -0.3 is 9.47 Å². The Balaban J connectivity index is 2.49. The van der Waals surface area contributed by atoms with Crippen LogP contribution in [0.2, 0.25) is 0 Å². The van der Waals surface area contributed by atoms with Gasteiger partial charge in [-0.1, -0.05) is 24.3 Å². The number of benzene rings is 2. The van der Waals surface area contributed by atoms with Crippen LogP contribution in [0.1, 0.15) is 0 Å². The van der Waals surface area contributed by atoms with Gasteiger partial charge in [-0.15, -0.1) is 0 Å². The molecule has 2 nitrogen and oxygen atoms in total. The van der Waals surface area contributed by atoms with Crippen LogP contribution < -0.4 is 9.47 Å². The Morgan fingerprint density at radius 3 is 2.50 bits per heavy atom. The monoisotopic (exact) mass is 213 g/mol. The van der Waals surface area contributed by atoms with E-state index in [4.69, 9.17) is 9.47 Å². The van der Waals surface area contributed by atoms with Crippen LogP contribution in [0.3, 0.4) is 0 Å². The minimum atomic E-state index is 0.788. The summed E-state index contributed by atoms with van der Waals surface area (Å²) in [6.45, 7) is 0. The summed E-state index contributed by atoms with van der Waals surface area (Å²) < 4.78 is 10.5. The molecule has 0 aliphatic carbocycles. The Hall–Kier alpha value is -1.96. The largest absolute Gasteiger partial charge is 0.497 e.